The Morgan fingerprint density at radius 2 is 1.68 bits per heavy atom. The minimum Gasteiger partial charge on any atom is -0.338 e. The summed E-state index contributed by atoms with van der Waals surface area (Å²) in [6.07, 6.45) is 1.49. The maximum absolute atomic E-state index is 13.0. The summed E-state index contributed by atoms with van der Waals surface area (Å²) in [5, 5.41) is 0.539. The molecule has 6 nitrogen and oxygen atoms in total. The Balaban J connectivity index is 1.43. The van der Waals surface area contributed by atoms with Crippen LogP contribution in [0.1, 0.15) is 18.5 Å². The second kappa shape index (κ2) is 7.94. The van der Waals surface area contributed by atoms with Gasteiger partial charge in [0.05, 0.1) is 17.2 Å². The molecule has 1 saturated heterocycles. The largest absolute Gasteiger partial charge is 0.338 e. The van der Waals surface area contributed by atoms with Crippen LogP contribution < -0.4 is 5.56 Å². The van der Waals surface area contributed by atoms with Crippen LogP contribution in [0.3, 0.4) is 0 Å². The van der Waals surface area contributed by atoms with E-state index < -0.39 is 6.04 Å². The van der Waals surface area contributed by atoms with Crippen molar-refractivity contribution in [3.8, 4) is 0 Å². The summed E-state index contributed by atoms with van der Waals surface area (Å²) in [5.74, 6) is -0.0291. The number of carbonyl (C=O) groups is 1. The van der Waals surface area contributed by atoms with E-state index in [1.165, 1.54) is 16.5 Å². The molecular weight excluding hydrogens is 352 g/mol. The summed E-state index contributed by atoms with van der Waals surface area (Å²) in [5.41, 5.74) is 1.76. The number of hydrogen-bond donors (Lipinski definition) is 0. The molecule has 0 spiro atoms. The Morgan fingerprint density at radius 3 is 2.43 bits per heavy atom. The van der Waals surface area contributed by atoms with Crippen molar-refractivity contribution < 1.29 is 4.79 Å². The Morgan fingerprint density at radius 1 is 1.00 bits per heavy atom. The van der Waals surface area contributed by atoms with Crippen LogP contribution in [0.2, 0.25) is 0 Å². The molecule has 1 atom stereocenters. The average Bonchev–Trinajstić information content (AvgIpc) is 2.74. The molecule has 0 aliphatic carbocycles. The van der Waals surface area contributed by atoms with Crippen molar-refractivity contribution in [3.05, 3.63) is 76.8 Å². The molecule has 1 amide bonds. The highest BCUT2D eigenvalue weighted by molar-refractivity contribution is 5.81. The highest BCUT2D eigenvalue weighted by atomic mass is 16.2. The summed E-state index contributed by atoms with van der Waals surface area (Å²) >= 11 is 0. The molecule has 0 N–H and O–H groups in total. The molecular formula is C22H24N4O2. The first-order chi connectivity index (χ1) is 13.6. The first kappa shape index (κ1) is 18.4. The van der Waals surface area contributed by atoms with E-state index in [9.17, 15) is 9.59 Å². The van der Waals surface area contributed by atoms with Crippen molar-refractivity contribution in [1.29, 1.82) is 0 Å². The number of aromatic nitrogens is 2. The number of para-hydroxylation sites is 1. The highest BCUT2D eigenvalue weighted by Gasteiger charge is 2.26. The number of amides is 1. The zero-order valence-electron chi connectivity index (χ0n) is 16.0. The fraction of sp³-hybridized carbons (Fsp3) is 0.318. The number of fused-ring (bicyclic) bond motifs is 1. The molecule has 4 rings (SSSR count). The quantitative estimate of drug-likeness (QED) is 0.701. The standard InChI is InChI=1S/C22H24N4O2/c1-17(26-16-23-20-10-6-5-9-19(20)22(26)28)21(27)25-13-11-24(12-14-25)15-18-7-3-2-4-8-18/h2-10,16-17H,11-15H2,1H3/t17-/m0/s1. The Bertz CT molecular complexity index is 1020. The second-order valence-electron chi connectivity index (χ2n) is 7.24. The van der Waals surface area contributed by atoms with Crippen LogP contribution in [0.4, 0.5) is 0 Å². The van der Waals surface area contributed by atoms with E-state index in [1.54, 1.807) is 19.1 Å². The Labute approximate surface area is 164 Å². The third kappa shape index (κ3) is 3.68. The topological polar surface area (TPSA) is 58.4 Å². The summed E-state index contributed by atoms with van der Waals surface area (Å²) in [6.45, 7) is 5.68. The van der Waals surface area contributed by atoms with Gasteiger partial charge in [0.25, 0.3) is 5.56 Å². The van der Waals surface area contributed by atoms with Crippen molar-refractivity contribution in [2.45, 2.75) is 19.5 Å². The van der Waals surface area contributed by atoms with Crippen LogP contribution in [0, 0.1) is 0 Å². The predicted molar refractivity (Wildman–Crippen MR) is 109 cm³/mol. The van der Waals surface area contributed by atoms with Gasteiger partial charge in [-0.2, -0.15) is 0 Å². The van der Waals surface area contributed by atoms with Gasteiger partial charge in [-0.05, 0) is 24.6 Å². The predicted octanol–water partition coefficient (Wildman–Crippen LogP) is 2.30. The molecule has 1 aromatic heterocycles. The molecule has 1 fully saturated rings. The van der Waals surface area contributed by atoms with Gasteiger partial charge in [-0.3, -0.25) is 19.1 Å². The molecule has 2 aromatic carbocycles. The molecule has 0 bridgehead atoms. The number of benzene rings is 2. The molecule has 144 valence electrons. The number of rotatable bonds is 4. The van der Waals surface area contributed by atoms with Crippen molar-refractivity contribution in [2.75, 3.05) is 26.2 Å². The zero-order chi connectivity index (χ0) is 19.5. The maximum Gasteiger partial charge on any atom is 0.261 e. The van der Waals surface area contributed by atoms with Gasteiger partial charge in [0.15, 0.2) is 0 Å². The van der Waals surface area contributed by atoms with Gasteiger partial charge in [-0.15, -0.1) is 0 Å². The minimum atomic E-state index is -0.565. The molecule has 1 aliphatic rings. The third-order valence-electron chi connectivity index (χ3n) is 5.40. The molecule has 1 aliphatic heterocycles. The van der Waals surface area contributed by atoms with Crippen LogP contribution in [-0.2, 0) is 11.3 Å². The molecule has 0 unspecified atom stereocenters. The van der Waals surface area contributed by atoms with Crippen molar-refractivity contribution in [3.63, 3.8) is 0 Å². The van der Waals surface area contributed by atoms with E-state index in [2.05, 4.69) is 22.0 Å². The molecule has 0 saturated carbocycles. The number of hydrogen-bond acceptors (Lipinski definition) is 4. The first-order valence-electron chi connectivity index (χ1n) is 9.64. The van der Waals surface area contributed by atoms with Gasteiger partial charge in [0.1, 0.15) is 6.04 Å². The van der Waals surface area contributed by atoms with E-state index in [0.717, 1.165) is 19.6 Å². The summed E-state index contributed by atoms with van der Waals surface area (Å²) in [4.78, 5) is 34.3. The maximum atomic E-state index is 13.0. The van der Waals surface area contributed by atoms with Crippen molar-refractivity contribution >= 4 is 16.8 Å². The summed E-state index contributed by atoms with van der Waals surface area (Å²) < 4.78 is 1.45. The lowest BCUT2D eigenvalue weighted by Crippen LogP contribution is -2.50. The molecule has 0 radical (unpaired) electrons. The van der Waals surface area contributed by atoms with Gasteiger partial charge in [-0.25, -0.2) is 4.98 Å². The summed E-state index contributed by atoms with van der Waals surface area (Å²) in [7, 11) is 0. The lowest BCUT2D eigenvalue weighted by molar-refractivity contribution is -0.136. The van der Waals surface area contributed by atoms with Crippen LogP contribution in [0.25, 0.3) is 10.9 Å². The third-order valence-corrected chi connectivity index (χ3v) is 5.40. The molecule has 2 heterocycles. The van der Waals surface area contributed by atoms with E-state index >= 15 is 0 Å². The van der Waals surface area contributed by atoms with Gasteiger partial charge < -0.3 is 4.90 Å². The first-order valence-corrected chi connectivity index (χ1v) is 9.64. The van der Waals surface area contributed by atoms with Crippen LogP contribution in [-0.4, -0.2) is 51.4 Å². The van der Waals surface area contributed by atoms with Crippen molar-refractivity contribution in [1.82, 2.24) is 19.4 Å². The Kier molecular flexibility index (Phi) is 5.21. The van der Waals surface area contributed by atoms with Gasteiger partial charge >= 0.3 is 0 Å². The highest BCUT2D eigenvalue weighted by Crippen LogP contribution is 2.14. The minimum absolute atomic E-state index is 0.0291. The van der Waals surface area contributed by atoms with Gasteiger partial charge in [-0.1, -0.05) is 42.5 Å². The van der Waals surface area contributed by atoms with E-state index in [4.69, 9.17) is 0 Å². The lowest BCUT2D eigenvalue weighted by atomic mass is 10.2. The normalized spacial score (nSPS) is 16.2. The fourth-order valence-electron chi connectivity index (χ4n) is 3.71. The van der Waals surface area contributed by atoms with Crippen LogP contribution in [0.5, 0.6) is 0 Å². The Hall–Kier alpha value is -2.99. The van der Waals surface area contributed by atoms with Crippen LogP contribution >= 0.6 is 0 Å². The molecule has 28 heavy (non-hydrogen) atoms. The monoisotopic (exact) mass is 376 g/mol. The molecule has 3 aromatic rings. The number of nitrogens with zero attached hydrogens (tertiary/aromatic N) is 4. The van der Waals surface area contributed by atoms with E-state index in [0.29, 0.717) is 24.0 Å². The van der Waals surface area contributed by atoms with E-state index in [1.807, 2.05) is 35.2 Å². The van der Waals surface area contributed by atoms with Crippen LogP contribution in [0.15, 0.2) is 65.7 Å². The zero-order valence-corrected chi connectivity index (χ0v) is 16.0. The number of carbonyl (C=O) groups excluding carboxylic acids is 1. The smallest absolute Gasteiger partial charge is 0.261 e. The summed E-state index contributed by atoms with van der Waals surface area (Å²) in [6, 6.07) is 17.0. The van der Waals surface area contributed by atoms with Gasteiger partial charge in [0, 0.05) is 32.7 Å². The number of piperazine rings is 1. The fourth-order valence-corrected chi connectivity index (χ4v) is 3.71. The molecule has 6 heteroatoms. The van der Waals surface area contributed by atoms with Gasteiger partial charge in [0.2, 0.25) is 5.91 Å². The average molecular weight is 376 g/mol. The second-order valence-corrected chi connectivity index (χ2v) is 7.24. The van der Waals surface area contributed by atoms with E-state index in [-0.39, 0.29) is 11.5 Å². The SMILES string of the molecule is C[C@@H](C(=O)N1CCN(Cc2ccccc2)CC1)n1cnc2ccccc2c1=O. The van der Waals surface area contributed by atoms with Crippen molar-refractivity contribution in [2.24, 2.45) is 0 Å². The lowest BCUT2D eigenvalue weighted by Gasteiger charge is -2.36.